The first-order valence-electron chi connectivity index (χ1n) is 6.28. The minimum atomic E-state index is -0.156. The van der Waals surface area contributed by atoms with Crippen molar-refractivity contribution in [2.45, 2.75) is 12.8 Å². The Morgan fingerprint density at radius 2 is 2.00 bits per heavy atom. The van der Waals surface area contributed by atoms with Crippen LogP contribution < -0.4 is 5.73 Å². The quantitative estimate of drug-likeness (QED) is 0.686. The van der Waals surface area contributed by atoms with Gasteiger partial charge in [-0.25, -0.2) is 4.39 Å². The maximum absolute atomic E-state index is 13.5. The Kier molecular flexibility index (Phi) is 7.57. The summed E-state index contributed by atoms with van der Waals surface area (Å²) in [7, 11) is 1.64. The number of benzene rings is 1. The smallest absolute Gasteiger partial charge is 0.126 e. The van der Waals surface area contributed by atoms with Crippen LogP contribution in [0.1, 0.15) is 12.0 Å². The molecule has 0 aliphatic carbocycles. The van der Waals surface area contributed by atoms with Crippen LogP contribution in [0, 0.1) is 11.7 Å². The summed E-state index contributed by atoms with van der Waals surface area (Å²) in [4.78, 5) is 0. The number of ether oxygens (including phenoxy) is 2. The Labute approximate surface area is 108 Å². The third-order valence-corrected chi connectivity index (χ3v) is 2.90. The Balaban J connectivity index is 2.31. The summed E-state index contributed by atoms with van der Waals surface area (Å²) in [6.45, 7) is 2.37. The van der Waals surface area contributed by atoms with E-state index in [0.29, 0.717) is 32.8 Å². The molecule has 0 saturated heterocycles. The summed E-state index contributed by atoms with van der Waals surface area (Å²) in [6, 6.07) is 6.84. The average molecular weight is 255 g/mol. The molecule has 2 N–H and O–H groups in total. The molecule has 1 atom stereocenters. The van der Waals surface area contributed by atoms with Gasteiger partial charge in [0.05, 0.1) is 13.2 Å². The van der Waals surface area contributed by atoms with E-state index in [0.717, 1.165) is 12.0 Å². The van der Waals surface area contributed by atoms with Gasteiger partial charge < -0.3 is 15.2 Å². The van der Waals surface area contributed by atoms with Crippen LogP contribution in [-0.4, -0.2) is 33.5 Å². The van der Waals surface area contributed by atoms with Gasteiger partial charge in [-0.3, -0.25) is 0 Å². The molecule has 0 radical (unpaired) electrons. The minimum Gasteiger partial charge on any atom is -0.382 e. The molecule has 0 bridgehead atoms. The van der Waals surface area contributed by atoms with Crippen molar-refractivity contribution in [3.05, 3.63) is 35.6 Å². The van der Waals surface area contributed by atoms with Gasteiger partial charge in [-0.1, -0.05) is 18.2 Å². The first-order chi connectivity index (χ1) is 8.77. The zero-order valence-corrected chi connectivity index (χ0v) is 10.9. The summed E-state index contributed by atoms with van der Waals surface area (Å²) in [6.07, 6.45) is 1.51. The molecule has 4 heteroatoms. The lowest BCUT2D eigenvalue weighted by molar-refractivity contribution is 0.0640. The molecule has 0 saturated carbocycles. The fraction of sp³-hybridized carbons (Fsp3) is 0.571. The van der Waals surface area contributed by atoms with E-state index in [1.165, 1.54) is 6.07 Å². The van der Waals surface area contributed by atoms with Crippen molar-refractivity contribution in [2.24, 2.45) is 11.7 Å². The standard InChI is InChI=1S/C14H22FNO2/c1-17-8-9-18-7-6-12(11-16)10-13-4-2-3-5-14(13)15/h2-5,12H,6-11,16H2,1H3. The first-order valence-corrected chi connectivity index (χ1v) is 6.28. The van der Waals surface area contributed by atoms with Crippen molar-refractivity contribution >= 4 is 0 Å². The summed E-state index contributed by atoms with van der Waals surface area (Å²) in [5, 5.41) is 0. The van der Waals surface area contributed by atoms with Gasteiger partial charge in [0.1, 0.15) is 5.82 Å². The van der Waals surface area contributed by atoms with E-state index >= 15 is 0 Å². The van der Waals surface area contributed by atoms with Gasteiger partial charge in [-0.05, 0) is 36.9 Å². The first kappa shape index (κ1) is 15.1. The van der Waals surface area contributed by atoms with Crippen molar-refractivity contribution in [2.75, 3.05) is 33.5 Å². The summed E-state index contributed by atoms with van der Waals surface area (Å²) in [5.74, 6) is 0.0979. The number of nitrogens with two attached hydrogens (primary N) is 1. The largest absolute Gasteiger partial charge is 0.382 e. The van der Waals surface area contributed by atoms with Crippen LogP contribution >= 0.6 is 0 Å². The third-order valence-electron chi connectivity index (χ3n) is 2.90. The van der Waals surface area contributed by atoms with Gasteiger partial charge in [-0.2, -0.15) is 0 Å². The van der Waals surface area contributed by atoms with Crippen molar-refractivity contribution in [3.63, 3.8) is 0 Å². The second-order valence-electron chi connectivity index (χ2n) is 4.29. The second kappa shape index (κ2) is 9.03. The molecule has 0 heterocycles. The average Bonchev–Trinajstić information content (AvgIpc) is 2.39. The SMILES string of the molecule is COCCOCCC(CN)Cc1ccccc1F. The summed E-state index contributed by atoms with van der Waals surface area (Å²) >= 11 is 0. The molecule has 1 aromatic rings. The lowest BCUT2D eigenvalue weighted by Crippen LogP contribution is -2.19. The highest BCUT2D eigenvalue weighted by Gasteiger charge is 2.10. The van der Waals surface area contributed by atoms with E-state index < -0.39 is 0 Å². The minimum absolute atomic E-state index is 0.156. The molecule has 18 heavy (non-hydrogen) atoms. The van der Waals surface area contributed by atoms with E-state index in [2.05, 4.69) is 0 Å². The highest BCUT2D eigenvalue weighted by Crippen LogP contribution is 2.14. The summed E-state index contributed by atoms with van der Waals surface area (Å²) < 4.78 is 23.8. The Morgan fingerprint density at radius 3 is 2.67 bits per heavy atom. The molecular formula is C14H22FNO2. The van der Waals surface area contributed by atoms with Gasteiger partial charge in [0.15, 0.2) is 0 Å². The summed E-state index contributed by atoms with van der Waals surface area (Å²) in [5.41, 5.74) is 6.44. The second-order valence-corrected chi connectivity index (χ2v) is 4.29. The van der Waals surface area contributed by atoms with E-state index in [1.54, 1.807) is 13.2 Å². The molecule has 3 nitrogen and oxygen atoms in total. The van der Waals surface area contributed by atoms with Crippen molar-refractivity contribution in [1.29, 1.82) is 0 Å². The number of hydrogen-bond donors (Lipinski definition) is 1. The number of rotatable bonds is 9. The third kappa shape index (κ3) is 5.58. The predicted octanol–water partition coefficient (Wildman–Crippen LogP) is 2.00. The fourth-order valence-electron chi connectivity index (χ4n) is 1.77. The monoisotopic (exact) mass is 255 g/mol. The normalized spacial score (nSPS) is 12.6. The van der Waals surface area contributed by atoms with Crippen LogP contribution in [0.15, 0.2) is 24.3 Å². The molecule has 0 aliphatic rings. The molecule has 0 amide bonds. The lowest BCUT2D eigenvalue weighted by atomic mass is 9.96. The molecule has 0 aromatic heterocycles. The van der Waals surface area contributed by atoms with Crippen LogP contribution in [0.2, 0.25) is 0 Å². The van der Waals surface area contributed by atoms with Crippen LogP contribution in [0.25, 0.3) is 0 Å². The molecule has 0 aliphatic heterocycles. The number of methoxy groups -OCH3 is 1. The molecule has 1 aromatic carbocycles. The maximum Gasteiger partial charge on any atom is 0.126 e. The maximum atomic E-state index is 13.5. The highest BCUT2D eigenvalue weighted by molar-refractivity contribution is 5.17. The zero-order chi connectivity index (χ0) is 13.2. The van der Waals surface area contributed by atoms with Crippen molar-refractivity contribution in [3.8, 4) is 0 Å². The topological polar surface area (TPSA) is 44.5 Å². The van der Waals surface area contributed by atoms with Gasteiger partial charge >= 0.3 is 0 Å². The van der Waals surface area contributed by atoms with E-state index in [1.807, 2.05) is 12.1 Å². The molecule has 1 unspecified atom stereocenters. The van der Waals surface area contributed by atoms with Gasteiger partial charge in [0, 0.05) is 13.7 Å². The van der Waals surface area contributed by atoms with Gasteiger partial charge in [0.25, 0.3) is 0 Å². The van der Waals surface area contributed by atoms with Crippen molar-refractivity contribution < 1.29 is 13.9 Å². The fourth-order valence-corrected chi connectivity index (χ4v) is 1.77. The predicted molar refractivity (Wildman–Crippen MR) is 70.0 cm³/mol. The molecule has 0 spiro atoms. The van der Waals surface area contributed by atoms with Crippen molar-refractivity contribution in [1.82, 2.24) is 0 Å². The molecule has 102 valence electrons. The highest BCUT2D eigenvalue weighted by atomic mass is 19.1. The van der Waals surface area contributed by atoms with Crippen LogP contribution in [0.3, 0.4) is 0 Å². The van der Waals surface area contributed by atoms with Gasteiger partial charge in [0.2, 0.25) is 0 Å². The Morgan fingerprint density at radius 1 is 1.22 bits per heavy atom. The van der Waals surface area contributed by atoms with Crippen LogP contribution in [0.4, 0.5) is 4.39 Å². The van der Waals surface area contributed by atoms with E-state index in [-0.39, 0.29) is 11.7 Å². The van der Waals surface area contributed by atoms with E-state index in [9.17, 15) is 4.39 Å². The van der Waals surface area contributed by atoms with Crippen LogP contribution in [-0.2, 0) is 15.9 Å². The van der Waals surface area contributed by atoms with E-state index in [4.69, 9.17) is 15.2 Å². The number of halogens is 1. The molecular weight excluding hydrogens is 233 g/mol. The number of hydrogen-bond acceptors (Lipinski definition) is 3. The molecule has 0 fully saturated rings. The Hall–Kier alpha value is -0.970. The van der Waals surface area contributed by atoms with Gasteiger partial charge in [-0.15, -0.1) is 0 Å². The molecule has 1 rings (SSSR count). The lowest BCUT2D eigenvalue weighted by Gasteiger charge is -2.15. The zero-order valence-electron chi connectivity index (χ0n) is 10.9. The Bertz CT molecular complexity index is 333. The van der Waals surface area contributed by atoms with Crippen LogP contribution in [0.5, 0.6) is 0 Å².